The van der Waals surface area contributed by atoms with Crippen LogP contribution in [0.5, 0.6) is 0 Å². The van der Waals surface area contributed by atoms with Gasteiger partial charge in [-0.15, -0.1) is 0 Å². The second-order valence-electron chi connectivity index (χ2n) is 3.39. The standard InChI is InChI=1S/C12H16N2/c1-9(2)13-11-5-7-12(8-6-11)14-10(3)4/h5-8,13-14H,1,3H2,2,4H3. The Bertz CT molecular complexity index is 301. The van der Waals surface area contributed by atoms with Crippen LogP contribution in [0.2, 0.25) is 0 Å². The molecule has 0 unspecified atom stereocenters. The van der Waals surface area contributed by atoms with E-state index in [1.54, 1.807) is 0 Å². The predicted octanol–water partition coefficient (Wildman–Crippen LogP) is 3.58. The van der Waals surface area contributed by atoms with Crippen molar-refractivity contribution in [3.63, 3.8) is 0 Å². The zero-order chi connectivity index (χ0) is 10.6. The largest absolute Gasteiger partial charge is 0.360 e. The zero-order valence-electron chi connectivity index (χ0n) is 8.72. The van der Waals surface area contributed by atoms with Gasteiger partial charge in [-0.2, -0.15) is 0 Å². The average molecular weight is 188 g/mol. The summed E-state index contributed by atoms with van der Waals surface area (Å²) in [5, 5.41) is 6.28. The lowest BCUT2D eigenvalue weighted by Gasteiger charge is -2.08. The fourth-order valence-electron chi connectivity index (χ4n) is 1.13. The second kappa shape index (κ2) is 4.51. The third-order valence-corrected chi connectivity index (χ3v) is 1.60. The topological polar surface area (TPSA) is 24.1 Å². The van der Waals surface area contributed by atoms with Gasteiger partial charge in [0, 0.05) is 22.8 Å². The van der Waals surface area contributed by atoms with Gasteiger partial charge in [0.1, 0.15) is 0 Å². The minimum atomic E-state index is 0.936. The fourth-order valence-corrected chi connectivity index (χ4v) is 1.13. The molecule has 0 saturated heterocycles. The Morgan fingerprint density at radius 1 is 0.857 bits per heavy atom. The van der Waals surface area contributed by atoms with Crippen molar-refractivity contribution < 1.29 is 0 Å². The Morgan fingerprint density at radius 3 is 1.36 bits per heavy atom. The molecule has 2 nitrogen and oxygen atoms in total. The monoisotopic (exact) mass is 188 g/mol. The first-order valence-electron chi connectivity index (χ1n) is 4.53. The van der Waals surface area contributed by atoms with Gasteiger partial charge in [0.05, 0.1) is 0 Å². The van der Waals surface area contributed by atoms with E-state index in [4.69, 9.17) is 0 Å². The third-order valence-electron chi connectivity index (χ3n) is 1.60. The highest BCUT2D eigenvalue weighted by Crippen LogP contribution is 2.15. The SMILES string of the molecule is C=C(C)Nc1ccc(NC(=C)C)cc1. The summed E-state index contributed by atoms with van der Waals surface area (Å²) in [6.45, 7) is 11.4. The molecule has 14 heavy (non-hydrogen) atoms. The van der Waals surface area contributed by atoms with Gasteiger partial charge in [-0.25, -0.2) is 0 Å². The predicted molar refractivity (Wildman–Crippen MR) is 63.3 cm³/mol. The van der Waals surface area contributed by atoms with Gasteiger partial charge in [0.2, 0.25) is 0 Å². The maximum atomic E-state index is 3.78. The third kappa shape index (κ3) is 3.35. The molecule has 2 N–H and O–H groups in total. The van der Waals surface area contributed by atoms with E-state index < -0.39 is 0 Å². The molecule has 0 fully saturated rings. The van der Waals surface area contributed by atoms with Crippen LogP contribution < -0.4 is 10.6 Å². The molecule has 2 heteroatoms. The number of hydrogen-bond acceptors (Lipinski definition) is 2. The number of allylic oxidation sites excluding steroid dienone is 2. The van der Waals surface area contributed by atoms with E-state index in [-0.39, 0.29) is 0 Å². The maximum absolute atomic E-state index is 3.78. The van der Waals surface area contributed by atoms with Crippen LogP contribution in [0, 0.1) is 0 Å². The van der Waals surface area contributed by atoms with Crippen LogP contribution in [0.1, 0.15) is 13.8 Å². The molecular weight excluding hydrogens is 172 g/mol. The van der Waals surface area contributed by atoms with Gasteiger partial charge < -0.3 is 10.6 Å². The summed E-state index contributed by atoms with van der Waals surface area (Å²) >= 11 is 0. The van der Waals surface area contributed by atoms with Crippen molar-refractivity contribution in [2.24, 2.45) is 0 Å². The molecule has 0 heterocycles. The summed E-state index contributed by atoms with van der Waals surface area (Å²) in [5.41, 5.74) is 3.96. The highest BCUT2D eigenvalue weighted by atomic mass is 14.9. The molecular formula is C12H16N2. The van der Waals surface area contributed by atoms with Crippen LogP contribution in [0.25, 0.3) is 0 Å². The van der Waals surface area contributed by atoms with E-state index in [1.807, 2.05) is 38.1 Å². The number of rotatable bonds is 4. The molecule has 74 valence electrons. The van der Waals surface area contributed by atoms with Gasteiger partial charge >= 0.3 is 0 Å². The van der Waals surface area contributed by atoms with Gasteiger partial charge in [-0.3, -0.25) is 0 Å². The molecule has 0 aliphatic carbocycles. The van der Waals surface area contributed by atoms with Gasteiger partial charge in [0.25, 0.3) is 0 Å². The van der Waals surface area contributed by atoms with Gasteiger partial charge in [-0.05, 0) is 38.1 Å². The average Bonchev–Trinajstić information content (AvgIpc) is 2.06. The van der Waals surface area contributed by atoms with Crippen molar-refractivity contribution in [3.05, 3.63) is 48.8 Å². The minimum absolute atomic E-state index is 0.936. The van der Waals surface area contributed by atoms with Crippen LogP contribution in [-0.2, 0) is 0 Å². The Kier molecular flexibility index (Phi) is 3.35. The second-order valence-corrected chi connectivity index (χ2v) is 3.39. The molecule has 0 amide bonds. The minimum Gasteiger partial charge on any atom is -0.360 e. The smallest absolute Gasteiger partial charge is 0.0383 e. The Balaban J connectivity index is 2.68. The molecule has 0 saturated carbocycles. The van der Waals surface area contributed by atoms with Crippen LogP contribution in [0.15, 0.2) is 48.8 Å². The summed E-state index contributed by atoms with van der Waals surface area (Å²) in [4.78, 5) is 0. The fraction of sp³-hybridized carbons (Fsp3) is 0.167. The molecule has 0 aliphatic rings. The van der Waals surface area contributed by atoms with Gasteiger partial charge in [0.15, 0.2) is 0 Å². The highest BCUT2D eigenvalue weighted by molar-refractivity contribution is 5.56. The summed E-state index contributed by atoms with van der Waals surface area (Å²) in [5.74, 6) is 0. The summed E-state index contributed by atoms with van der Waals surface area (Å²) in [7, 11) is 0. The van der Waals surface area contributed by atoms with Crippen molar-refractivity contribution in [2.75, 3.05) is 10.6 Å². The zero-order valence-corrected chi connectivity index (χ0v) is 8.72. The van der Waals surface area contributed by atoms with Gasteiger partial charge in [-0.1, -0.05) is 13.2 Å². The molecule has 0 atom stereocenters. The van der Waals surface area contributed by atoms with E-state index in [2.05, 4.69) is 23.8 Å². The van der Waals surface area contributed by atoms with E-state index in [1.165, 1.54) is 0 Å². The number of hydrogen-bond donors (Lipinski definition) is 2. The lowest BCUT2D eigenvalue weighted by atomic mass is 10.2. The van der Waals surface area contributed by atoms with E-state index in [9.17, 15) is 0 Å². The number of benzene rings is 1. The van der Waals surface area contributed by atoms with Crippen LogP contribution in [0.3, 0.4) is 0 Å². The molecule has 0 bridgehead atoms. The molecule has 1 rings (SSSR count). The first-order chi connectivity index (χ1) is 6.58. The summed E-state index contributed by atoms with van der Waals surface area (Å²) < 4.78 is 0. The van der Waals surface area contributed by atoms with Crippen molar-refractivity contribution in [1.82, 2.24) is 0 Å². The molecule has 0 aliphatic heterocycles. The van der Waals surface area contributed by atoms with Crippen LogP contribution >= 0.6 is 0 Å². The normalized spacial score (nSPS) is 9.29. The van der Waals surface area contributed by atoms with Crippen molar-refractivity contribution in [2.45, 2.75) is 13.8 Å². The molecule has 0 spiro atoms. The first kappa shape index (κ1) is 10.4. The van der Waals surface area contributed by atoms with E-state index in [0.29, 0.717) is 0 Å². The molecule has 0 aromatic heterocycles. The molecule has 1 aromatic rings. The van der Waals surface area contributed by atoms with Crippen molar-refractivity contribution >= 4 is 11.4 Å². The van der Waals surface area contributed by atoms with Crippen molar-refractivity contribution in [3.8, 4) is 0 Å². The Morgan fingerprint density at radius 2 is 1.14 bits per heavy atom. The Labute approximate surface area is 85.3 Å². The quantitative estimate of drug-likeness (QED) is 0.754. The number of nitrogens with one attached hydrogen (secondary N) is 2. The number of anilines is 2. The maximum Gasteiger partial charge on any atom is 0.0383 e. The lowest BCUT2D eigenvalue weighted by molar-refractivity contribution is 1.37. The van der Waals surface area contributed by atoms with E-state index in [0.717, 1.165) is 22.8 Å². The van der Waals surface area contributed by atoms with Crippen LogP contribution in [0.4, 0.5) is 11.4 Å². The first-order valence-corrected chi connectivity index (χ1v) is 4.53. The lowest BCUT2D eigenvalue weighted by Crippen LogP contribution is -1.95. The van der Waals surface area contributed by atoms with Crippen molar-refractivity contribution in [1.29, 1.82) is 0 Å². The molecule has 0 radical (unpaired) electrons. The molecule has 1 aromatic carbocycles. The summed E-state index contributed by atoms with van der Waals surface area (Å²) in [6.07, 6.45) is 0. The van der Waals surface area contributed by atoms with Crippen LogP contribution in [-0.4, -0.2) is 0 Å². The van der Waals surface area contributed by atoms with E-state index >= 15 is 0 Å². The highest BCUT2D eigenvalue weighted by Gasteiger charge is 1.93. The summed E-state index contributed by atoms with van der Waals surface area (Å²) in [6, 6.07) is 8.00. The Hall–Kier alpha value is -1.70.